The van der Waals surface area contributed by atoms with Crippen molar-refractivity contribution in [2.75, 3.05) is 6.54 Å². The SMILES string of the molecule is Cc1cccnc1CN(Cc1ccccc1)CC(O)c1cccs1. The maximum Gasteiger partial charge on any atom is 0.101 e. The second-order valence-corrected chi connectivity index (χ2v) is 6.93. The highest BCUT2D eigenvalue weighted by Gasteiger charge is 2.16. The molecule has 3 nitrogen and oxygen atoms in total. The van der Waals surface area contributed by atoms with Gasteiger partial charge in [-0.1, -0.05) is 42.5 Å². The molecule has 1 unspecified atom stereocenters. The van der Waals surface area contributed by atoms with Crippen LogP contribution < -0.4 is 0 Å². The van der Waals surface area contributed by atoms with Gasteiger partial charge >= 0.3 is 0 Å². The lowest BCUT2D eigenvalue weighted by molar-refractivity contribution is 0.106. The number of aromatic nitrogens is 1. The van der Waals surface area contributed by atoms with Gasteiger partial charge in [0.1, 0.15) is 6.10 Å². The van der Waals surface area contributed by atoms with Gasteiger partial charge in [0.15, 0.2) is 0 Å². The molecule has 0 aliphatic carbocycles. The van der Waals surface area contributed by atoms with E-state index in [4.69, 9.17) is 0 Å². The monoisotopic (exact) mass is 338 g/mol. The van der Waals surface area contributed by atoms with Gasteiger partial charge in [0.05, 0.1) is 5.69 Å². The molecule has 2 heterocycles. The summed E-state index contributed by atoms with van der Waals surface area (Å²) in [5.41, 5.74) is 3.48. The molecule has 1 N–H and O–H groups in total. The zero-order chi connectivity index (χ0) is 16.8. The molecule has 0 radical (unpaired) electrons. The van der Waals surface area contributed by atoms with E-state index in [1.807, 2.05) is 35.8 Å². The van der Waals surface area contributed by atoms with Crippen molar-refractivity contribution in [3.63, 3.8) is 0 Å². The summed E-state index contributed by atoms with van der Waals surface area (Å²) < 4.78 is 0. The molecule has 24 heavy (non-hydrogen) atoms. The number of thiophene rings is 1. The van der Waals surface area contributed by atoms with Crippen LogP contribution >= 0.6 is 11.3 Å². The van der Waals surface area contributed by atoms with Crippen molar-refractivity contribution in [1.82, 2.24) is 9.88 Å². The average Bonchev–Trinajstić information content (AvgIpc) is 3.12. The molecule has 3 aromatic rings. The van der Waals surface area contributed by atoms with Crippen molar-refractivity contribution in [3.05, 3.63) is 87.9 Å². The summed E-state index contributed by atoms with van der Waals surface area (Å²) in [7, 11) is 0. The molecule has 0 spiro atoms. The summed E-state index contributed by atoms with van der Waals surface area (Å²) in [4.78, 5) is 7.77. The average molecular weight is 338 g/mol. The zero-order valence-corrected chi connectivity index (χ0v) is 14.6. The van der Waals surface area contributed by atoms with E-state index in [1.54, 1.807) is 11.3 Å². The highest BCUT2D eigenvalue weighted by atomic mass is 32.1. The van der Waals surface area contributed by atoms with Crippen molar-refractivity contribution in [1.29, 1.82) is 0 Å². The fraction of sp³-hybridized carbons (Fsp3) is 0.250. The number of rotatable bonds is 7. The van der Waals surface area contributed by atoms with Crippen molar-refractivity contribution in [2.45, 2.75) is 26.1 Å². The largest absolute Gasteiger partial charge is 0.386 e. The fourth-order valence-corrected chi connectivity index (χ4v) is 3.44. The quantitative estimate of drug-likeness (QED) is 0.702. The first-order chi connectivity index (χ1) is 11.7. The molecular weight excluding hydrogens is 316 g/mol. The lowest BCUT2D eigenvalue weighted by Gasteiger charge is -2.25. The molecule has 0 bridgehead atoms. The maximum absolute atomic E-state index is 10.6. The Hall–Kier alpha value is -2.01. The van der Waals surface area contributed by atoms with Crippen LogP contribution in [-0.2, 0) is 13.1 Å². The van der Waals surface area contributed by atoms with E-state index in [0.29, 0.717) is 6.54 Å². The highest BCUT2D eigenvalue weighted by Crippen LogP contribution is 2.22. The summed E-state index contributed by atoms with van der Waals surface area (Å²) in [6.07, 6.45) is 1.36. The number of aliphatic hydroxyl groups excluding tert-OH is 1. The van der Waals surface area contributed by atoms with Crippen LogP contribution in [-0.4, -0.2) is 21.5 Å². The van der Waals surface area contributed by atoms with Gasteiger partial charge in [0, 0.05) is 30.7 Å². The van der Waals surface area contributed by atoms with Gasteiger partial charge in [-0.25, -0.2) is 0 Å². The second-order valence-electron chi connectivity index (χ2n) is 5.95. The van der Waals surface area contributed by atoms with Crippen LogP contribution in [0.15, 0.2) is 66.2 Å². The Kier molecular flexibility index (Phi) is 5.75. The number of aliphatic hydroxyl groups is 1. The standard InChI is InChI=1S/C20H22N2OS/c1-16-7-5-11-21-18(16)14-22(13-17-8-3-2-4-9-17)15-19(23)20-10-6-12-24-20/h2-12,19,23H,13-15H2,1H3. The summed E-state index contributed by atoms with van der Waals surface area (Å²) in [5.74, 6) is 0. The molecule has 0 aliphatic rings. The predicted octanol–water partition coefficient (Wildman–Crippen LogP) is 4.19. The first-order valence-electron chi connectivity index (χ1n) is 8.10. The first-order valence-corrected chi connectivity index (χ1v) is 8.98. The first kappa shape index (κ1) is 16.8. The van der Waals surface area contributed by atoms with Gasteiger partial charge in [-0.3, -0.25) is 9.88 Å². The lowest BCUT2D eigenvalue weighted by Crippen LogP contribution is -2.28. The van der Waals surface area contributed by atoms with E-state index < -0.39 is 6.10 Å². The summed E-state index contributed by atoms with van der Waals surface area (Å²) >= 11 is 1.60. The van der Waals surface area contributed by atoms with Crippen LogP contribution in [0, 0.1) is 6.92 Å². The Morgan fingerprint density at radius 2 is 1.88 bits per heavy atom. The molecule has 0 aliphatic heterocycles. The Morgan fingerprint density at radius 1 is 1.04 bits per heavy atom. The van der Waals surface area contributed by atoms with E-state index in [2.05, 4.69) is 47.1 Å². The molecule has 3 rings (SSSR count). The Morgan fingerprint density at radius 3 is 2.58 bits per heavy atom. The molecule has 0 amide bonds. The number of aryl methyl sites for hydroxylation is 1. The van der Waals surface area contributed by atoms with Crippen LogP contribution in [0.5, 0.6) is 0 Å². The normalized spacial score (nSPS) is 12.5. The number of pyridine rings is 1. The van der Waals surface area contributed by atoms with Gasteiger partial charge in [-0.2, -0.15) is 0 Å². The second kappa shape index (κ2) is 8.20. The summed E-state index contributed by atoms with van der Waals surface area (Å²) in [5, 5.41) is 12.6. The van der Waals surface area contributed by atoms with E-state index >= 15 is 0 Å². The van der Waals surface area contributed by atoms with Gasteiger partial charge in [0.2, 0.25) is 0 Å². The minimum Gasteiger partial charge on any atom is -0.386 e. The number of benzene rings is 1. The van der Waals surface area contributed by atoms with E-state index in [0.717, 1.165) is 23.7 Å². The topological polar surface area (TPSA) is 36.4 Å². The van der Waals surface area contributed by atoms with Crippen molar-refractivity contribution in [3.8, 4) is 0 Å². The van der Waals surface area contributed by atoms with Crippen LogP contribution in [0.3, 0.4) is 0 Å². The molecule has 1 atom stereocenters. The van der Waals surface area contributed by atoms with Gasteiger partial charge in [-0.15, -0.1) is 11.3 Å². The maximum atomic E-state index is 10.6. The fourth-order valence-electron chi connectivity index (χ4n) is 2.74. The van der Waals surface area contributed by atoms with Gasteiger partial charge in [-0.05, 0) is 35.6 Å². The third kappa shape index (κ3) is 4.51. The van der Waals surface area contributed by atoms with Gasteiger partial charge in [0.25, 0.3) is 0 Å². The van der Waals surface area contributed by atoms with Crippen molar-refractivity contribution >= 4 is 11.3 Å². The van der Waals surface area contributed by atoms with Crippen LogP contribution in [0.1, 0.15) is 27.8 Å². The molecule has 124 valence electrons. The van der Waals surface area contributed by atoms with Crippen LogP contribution in [0.25, 0.3) is 0 Å². The Labute approximate surface area is 147 Å². The third-order valence-electron chi connectivity index (χ3n) is 4.04. The minimum absolute atomic E-state index is 0.474. The number of nitrogens with zero attached hydrogens (tertiary/aromatic N) is 2. The molecule has 0 saturated heterocycles. The Bertz CT molecular complexity index is 743. The molecule has 0 saturated carbocycles. The summed E-state index contributed by atoms with van der Waals surface area (Å²) in [6.45, 7) is 4.19. The summed E-state index contributed by atoms with van der Waals surface area (Å²) in [6, 6.07) is 18.4. The number of hydrogen-bond donors (Lipinski definition) is 1. The zero-order valence-electron chi connectivity index (χ0n) is 13.8. The van der Waals surface area contributed by atoms with E-state index in [9.17, 15) is 5.11 Å². The lowest BCUT2D eigenvalue weighted by atomic mass is 10.1. The van der Waals surface area contributed by atoms with E-state index in [-0.39, 0.29) is 0 Å². The highest BCUT2D eigenvalue weighted by molar-refractivity contribution is 7.10. The smallest absolute Gasteiger partial charge is 0.101 e. The molecular formula is C20H22N2OS. The molecule has 2 aromatic heterocycles. The van der Waals surface area contributed by atoms with Crippen molar-refractivity contribution in [2.24, 2.45) is 0 Å². The molecule has 4 heteroatoms. The van der Waals surface area contributed by atoms with Crippen LogP contribution in [0.4, 0.5) is 0 Å². The van der Waals surface area contributed by atoms with Crippen molar-refractivity contribution < 1.29 is 5.11 Å². The number of hydrogen-bond acceptors (Lipinski definition) is 4. The predicted molar refractivity (Wildman–Crippen MR) is 98.8 cm³/mol. The third-order valence-corrected chi connectivity index (χ3v) is 5.02. The minimum atomic E-state index is -0.474. The molecule has 0 fully saturated rings. The van der Waals surface area contributed by atoms with Gasteiger partial charge < -0.3 is 5.11 Å². The molecule has 1 aromatic carbocycles. The Balaban J connectivity index is 1.76. The van der Waals surface area contributed by atoms with Crippen LogP contribution in [0.2, 0.25) is 0 Å². The van der Waals surface area contributed by atoms with E-state index in [1.165, 1.54) is 11.1 Å².